The van der Waals surface area contributed by atoms with E-state index in [1.54, 1.807) is 0 Å². The minimum absolute atomic E-state index is 0.0912. The lowest BCUT2D eigenvalue weighted by atomic mass is 10.0. The number of aliphatic hydroxyl groups is 2. The van der Waals surface area contributed by atoms with Crippen molar-refractivity contribution in [1.82, 2.24) is 47.9 Å². The maximum absolute atomic E-state index is 13.9. The van der Waals surface area contributed by atoms with Crippen LogP contribution in [0.3, 0.4) is 0 Å². The minimum Gasteiger partial charge on any atom is -0.508 e. The van der Waals surface area contributed by atoms with Gasteiger partial charge in [-0.2, -0.15) is 0 Å². The Morgan fingerprint density at radius 3 is 1.44 bits per heavy atom. The Morgan fingerprint density at radius 2 is 0.931 bits per heavy atom. The van der Waals surface area contributed by atoms with Crippen molar-refractivity contribution in [3.05, 3.63) is 29.8 Å². The topological polar surface area (TPSA) is 452 Å². The molecular weight excluding hydrogens is 949 g/mol. The maximum atomic E-state index is 13.9. The van der Waals surface area contributed by atoms with Gasteiger partial charge in [-0.25, -0.2) is 0 Å². The van der Waals surface area contributed by atoms with E-state index in [0.29, 0.717) is 12.0 Å². The average Bonchev–Trinajstić information content (AvgIpc) is 3.31. The number of nitrogens with one attached hydrogen (secondary N) is 9. The zero-order valence-corrected chi connectivity index (χ0v) is 40.3. The zero-order chi connectivity index (χ0) is 53.8. The first-order valence-corrected chi connectivity index (χ1v) is 23.7. The van der Waals surface area contributed by atoms with Crippen LogP contribution >= 0.6 is 0 Å². The van der Waals surface area contributed by atoms with Crippen LogP contribution in [0.5, 0.6) is 5.75 Å². The smallest absolute Gasteiger partial charge is 0.245 e. The van der Waals surface area contributed by atoms with Crippen molar-refractivity contribution in [2.75, 3.05) is 26.3 Å². The fourth-order valence-corrected chi connectivity index (χ4v) is 7.19. The van der Waals surface area contributed by atoms with E-state index >= 15 is 0 Å². The molecule has 1 aromatic rings. The highest BCUT2D eigenvalue weighted by molar-refractivity contribution is 6.00. The molecule has 27 heteroatoms. The van der Waals surface area contributed by atoms with Crippen molar-refractivity contribution in [2.45, 2.75) is 146 Å². The van der Waals surface area contributed by atoms with Crippen molar-refractivity contribution in [3.8, 4) is 5.75 Å². The van der Waals surface area contributed by atoms with E-state index in [1.807, 2.05) is 0 Å². The van der Waals surface area contributed by atoms with Gasteiger partial charge in [0, 0.05) is 13.0 Å². The van der Waals surface area contributed by atoms with Crippen LogP contribution < -0.4 is 65.1 Å². The average molecular weight is 1020 g/mol. The van der Waals surface area contributed by atoms with Gasteiger partial charge in [-0.1, -0.05) is 76.8 Å². The van der Waals surface area contributed by atoms with E-state index in [4.69, 9.17) is 17.2 Å². The van der Waals surface area contributed by atoms with Crippen molar-refractivity contribution in [3.63, 3.8) is 0 Å². The molecular formula is C45H70N12O15. The molecule has 1 aromatic carbocycles. The predicted octanol–water partition coefficient (Wildman–Crippen LogP) is -5.50. The zero-order valence-electron chi connectivity index (χ0n) is 40.3. The van der Waals surface area contributed by atoms with E-state index < -0.39 is 159 Å². The molecule has 2 rings (SSSR count). The van der Waals surface area contributed by atoms with Crippen LogP contribution in [0.1, 0.15) is 102 Å². The second-order valence-corrected chi connectivity index (χ2v) is 17.2. The van der Waals surface area contributed by atoms with Crippen LogP contribution in [0.25, 0.3) is 0 Å². The number of hydrogen-bond donors (Lipinski definition) is 15. The van der Waals surface area contributed by atoms with Crippen LogP contribution in [0.15, 0.2) is 24.3 Å². The number of primary amides is 3. The molecule has 0 saturated carbocycles. The van der Waals surface area contributed by atoms with E-state index in [9.17, 15) is 72.9 Å². The Morgan fingerprint density at radius 1 is 0.528 bits per heavy atom. The van der Waals surface area contributed by atoms with Gasteiger partial charge in [0.2, 0.25) is 70.9 Å². The minimum atomic E-state index is -1.95. The summed E-state index contributed by atoms with van der Waals surface area (Å²) in [5.41, 5.74) is 16.3. The van der Waals surface area contributed by atoms with Gasteiger partial charge in [-0.05, 0) is 24.1 Å². The Balaban J connectivity index is 2.58. The Hall–Kier alpha value is -7.42. The number of unbranched alkanes of at least 4 members (excludes halogenated alkanes) is 9. The first-order valence-electron chi connectivity index (χ1n) is 23.7. The van der Waals surface area contributed by atoms with Gasteiger partial charge in [-0.3, -0.25) is 57.5 Å². The van der Waals surface area contributed by atoms with Crippen LogP contribution in [0, 0.1) is 0 Å². The third-order valence-electron chi connectivity index (χ3n) is 11.1. The number of nitrogens with two attached hydrogens (primary N) is 3. The molecule has 400 valence electrons. The molecule has 0 radical (unpaired) electrons. The van der Waals surface area contributed by atoms with Crippen LogP contribution in [-0.2, 0) is 64.0 Å². The predicted molar refractivity (Wildman–Crippen MR) is 253 cm³/mol. The number of carbonyl (C=O) groups is 12. The summed E-state index contributed by atoms with van der Waals surface area (Å²) >= 11 is 0. The highest BCUT2D eigenvalue weighted by atomic mass is 16.3. The Labute approximate surface area is 415 Å². The summed E-state index contributed by atoms with van der Waals surface area (Å²) in [6.45, 7) is -1.03. The number of phenols is 1. The lowest BCUT2D eigenvalue weighted by molar-refractivity contribution is -0.137. The number of benzene rings is 1. The summed E-state index contributed by atoms with van der Waals surface area (Å²) in [7, 11) is 0. The molecule has 7 atom stereocenters. The number of carbonyl (C=O) groups excluding carboxylic acids is 12. The summed E-state index contributed by atoms with van der Waals surface area (Å²) in [5.74, 6) is -14.2. The number of rotatable bonds is 22. The van der Waals surface area contributed by atoms with Gasteiger partial charge in [0.05, 0.1) is 45.4 Å². The third kappa shape index (κ3) is 23.5. The van der Waals surface area contributed by atoms with Gasteiger partial charge < -0.3 is 80.4 Å². The number of aliphatic hydroxyl groups excluding tert-OH is 2. The molecule has 72 heavy (non-hydrogen) atoms. The van der Waals surface area contributed by atoms with Crippen LogP contribution in [-0.4, -0.2) is 155 Å². The van der Waals surface area contributed by atoms with Gasteiger partial charge in [0.25, 0.3) is 0 Å². The molecule has 0 spiro atoms. The van der Waals surface area contributed by atoms with Crippen molar-refractivity contribution >= 4 is 70.9 Å². The van der Waals surface area contributed by atoms with Crippen molar-refractivity contribution < 1.29 is 72.9 Å². The first-order chi connectivity index (χ1) is 34.2. The normalized spacial score (nSPS) is 22.4. The van der Waals surface area contributed by atoms with E-state index in [-0.39, 0.29) is 18.7 Å². The lowest BCUT2D eigenvalue weighted by Gasteiger charge is -2.26. The molecule has 18 N–H and O–H groups in total. The van der Waals surface area contributed by atoms with Gasteiger partial charge >= 0.3 is 0 Å². The summed E-state index contributed by atoms with van der Waals surface area (Å²) in [5, 5.41) is 50.3. The lowest BCUT2D eigenvalue weighted by Crippen LogP contribution is -2.60. The quantitative estimate of drug-likeness (QED) is 0.0482. The molecule has 0 aromatic heterocycles. The summed E-state index contributed by atoms with van der Waals surface area (Å²) < 4.78 is 0. The fraction of sp³-hybridized carbons (Fsp3) is 0.600. The van der Waals surface area contributed by atoms with Gasteiger partial charge in [0.15, 0.2) is 0 Å². The molecule has 1 heterocycles. The summed E-state index contributed by atoms with van der Waals surface area (Å²) in [6, 6.07) is -7.58. The second-order valence-electron chi connectivity index (χ2n) is 17.2. The number of phenolic OH excluding ortho intramolecular Hbond substituents is 1. The number of hydrogen-bond acceptors (Lipinski definition) is 15. The van der Waals surface area contributed by atoms with E-state index in [1.165, 1.54) is 37.1 Å². The summed E-state index contributed by atoms with van der Waals surface area (Å²) in [4.78, 5) is 158. The maximum Gasteiger partial charge on any atom is 0.245 e. The fourth-order valence-electron chi connectivity index (χ4n) is 7.19. The third-order valence-corrected chi connectivity index (χ3v) is 11.1. The molecule has 1 aliphatic heterocycles. The first kappa shape index (κ1) is 60.7. The Kier molecular flexibility index (Phi) is 27.4. The molecule has 27 nitrogen and oxygen atoms in total. The molecule has 1 saturated heterocycles. The molecule has 0 unspecified atom stereocenters. The number of aromatic hydroxyl groups is 1. The molecule has 12 amide bonds. The highest BCUT2D eigenvalue weighted by Gasteiger charge is 2.35. The SMILES string of the molecule is CCCCCCCCCCCCNC(=O)[C@@H]1CC(=O)N[C@H](CO)C(=O)N[C@H](Cc2ccc(O)cc2)C(=O)N[C@H](CC(N)=O)C(=O)NCC(=O)N[C@H](CC(N)=O)C(=O)N[C@H](CO)C(=O)N[C@H](CC(N)=O)C(=O)N1. The molecule has 1 aliphatic rings. The van der Waals surface area contributed by atoms with Crippen molar-refractivity contribution in [1.29, 1.82) is 0 Å². The molecule has 0 bridgehead atoms. The highest BCUT2D eigenvalue weighted by Crippen LogP contribution is 2.13. The monoisotopic (exact) mass is 1020 g/mol. The van der Waals surface area contributed by atoms with Crippen LogP contribution in [0.4, 0.5) is 0 Å². The van der Waals surface area contributed by atoms with Gasteiger partial charge in [-0.15, -0.1) is 0 Å². The molecule has 1 fully saturated rings. The summed E-state index contributed by atoms with van der Waals surface area (Å²) in [6.07, 6.45) is 5.91. The van der Waals surface area contributed by atoms with Crippen LogP contribution in [0.2, 0.25) is 0 Å². The van der Waals surface area contributed by atoms with E-state index in [2.05, 4.69) is 54.8 Å². The second kappa shape index (κ2) is 32.5. The Bertz CT molecular complexity index is 2060. The molecule has 0 aliphatic carbocycles. The largest absolute Gasteiger partial charge is 0.508 e. The van der Waals surface area contributed by atoms with E-state index in [0.717, 1.165) is 44.9 Å². The standard InChI is InChI=1S/C45H70N12O15/c1-2-3-4-5-6-7-8-9-10-11-16-49-39(66)31-21-37(64)52-32(23-58)44(71)53-27(17-25-12-14-26(60)15-13-25)41(68)54-28(18-34(46)61)40(67)50-22-38(65)51-29(19-35(47)62)42(69)57-33(24-59)45(72)55-30(20-36(48)63)43(70)56-31/h12-15,27-33,58-60H,2-11,16-24H2,1H3,(H2,46,61)(H2,47,62)(H2,48,63)(H,49,66)(H,50,67)(H,51,65)(H,52,64)(H,53,71)(H,54,68)(H,55,72)(H,56,70)(H,57,69)/t27-,28-,29-,30-,31+,32-,33-/m1/s1. The van der Waals surface area contributed by atoms with Gasteiger partial charge in [0.1, 0.15) is 48.0 Å². The number of amides is 12. The van der Waals surface area contributed by atoms with Crippen molar-refractivity contribution in [2.24, 2.45) is 17.2 Å².